The third-order valence-electron chi connectivity index (χ3n) is 4.10. The van der Waals surface area contributed by atoms with Gasteiger partial charge >= 0.3 is 0 Å². The summed E-state index contributed by atoms with van der Waals surface area (Å²) >= 11 is 0. The molecule has 2 aromatic carbocycles. The van der Waals surface area contributed by atoms with E-state index in [4.69, 9.17) is 0 Å². The van der Waals surface area contributed by atoms with Crippen molar-refractivity contribution in [3.63, 3.8) is 0 Å². The van der Waals surface area contributed by atoms with E-state index in [1.165, 1.54) is 6.07 Å². The lowest BCUT2D eigenvalue weighted by Crippen LogP contribution is -2.13. The molecule has 0 aliphatic rings. The van der Waals surface area contributed by atoms with Crippen molar-refractivity contribution in [3.05, 3.63) is 66.1 Å². The van der Waals surface area contributed by atoms with E-state index < -0.39 is 0 Å². The van der Waals surface area contributed by atoms with E-state index in [1.54, 1.807) is 23.2 Å². The SMILES string of the molecule is Cc1cccc(Nc2nccc(N(C)c3n[nH]c4c(F)cccc34)n2)c1. The van der Waals surface area contributed by atoms with Crippen LogP contribution >= 0.6 is 0 Å². The first-order chi connectivity index (χ1) is 12.6. The van der Waals surface area contributed by atoms with Gasteiger partial charge < -0.3 is 10.2 Å². The second-order valence-corrected chi connectivity index (χ2v) is 6.00. The summed E-state index contributed by atoms with van der Waals surface area (Å²) in [6, 6.07) is 14.6. The lowest BCUT2D eigenvalue weighted by Gasteiger charge is -2.16. The Hall–Kier alpha value is -3.48. The van der Waals surface area contributed by atoms with Crippen molar-refractivity contribution < 1.29 is 4.39 Å². The van der Waals surface area contributed by atoms with E-state index in [0.717, 1.165) is 11.3 Å². The zero-order valence-electron chi connectivity index (χ0n) is 14.4. The van der Waals surface area contributed by atoms with Gasteiger partial charge in [-0.25, -0.2) is 9.37 Å². The Morgan fingerprint density at radius 1 is 1.12 bits per heavy atom. The third kappa shape index (κ3) is 2.95. The molecular weight excluding hydrogens is 331 g/mol. The molecule has 6 nitrogen and oxygen atoms in total. The molecule has 0 bridgehead atoms. The minimum Gasteiger partial charge on any atom is -0.324 e. The molecule has 4 aromatic rings. The van der Waals surface area contributed by atoms with Crippen molar-refractivity contribution in [2.75, 3.05) is 17.3 Å². The maximum Gasteiger partial charge on any atom is 0.229 e. The van der Waals surface area contributed by atoms with Gasteiger partial charge in [0.05, 0.1) is 0 Å². The highest BCUT2D eigenvalue weighted by Gasteiger charge is 2.15. The van der Waals surface area contributed by atoms with Crippen LogP contribution in [-0.4, -0.2) is 27.2 Å². The molecule has 2 heterocycles. The molecule has 0 atom stereocenters. The summed E-state index contributed by atoms with van der Waals surface area (Å²) in [4.78, 5) is 10.6. The second-order valence-electron chi connectivity index (χ2n) is 6.00. The Morgan fingerprint density at radius 2 is 1.96 bits per heavy atom. The number of H-pyrrole nitrogens is 1. The maximum atomic E-state index is 13.9. The van der Waals surface area contributed by atoms with E-state index >= 15 is 0 Å². The molecule has 2 N–H and O–H groups in total. The largest absolute Gasteiger partial charge is 0.324 e. The first kappa shape index (κ1) is 16.0. The first-order valence-corrected chi connectivity index (χ1v) is 8.15. The van der Waals surface area contributed by atoms with Gasteiger partial charge in [-0.15, -0.1) is 0 Å². The smallest absolute Gasteiger partial charge is 0.229 e. The van der Waals surface area contributed by atoms with Gasteiger partial charge in [0.25, 0.3) is 0 Å². The fourth-order valence-corrected chi connectivity index (χ4v) is 2.81. The molecule has 0 unspecified atom stereocenters. The molecule has 0 aliphatic heterocycles. The number of nitrogens with zero attached hydrogens (tertiary/aromatic N) is 4. The number of hydrogen-bond acceptors (Lipinski definition) is 5. The van der Waals surface area contributed by atoms with Gasteiger partial charge in [-0.2, -0.15) is 10.1 Å². The van der Waals surface area contributed by atoms with Crippen molar-refractivity contribution in [3.8, 4) is 0 Å². The highest BCUT2D eigenvalue weighted by molar-refractivity contribution is 5.92. The van der Waals surface area contributed by atoms with Crippen molar-refractivity contribution in [1.82, 2.24) is 20.2 Å². The zero-order valence-corrected chi connectivity index (χ0v) is 14.4. The number of aromatic amines is 1. The van der Waals surface area contributed by atoms with Crippen LogP contribution < -0.4 is 10.2 Å². The van der Waals surface area contributed by atoms with Crippen LogP contribution in [0.5, 0.6) is 0 Å². The zero-order chi connectivity index (χ0) is 18.1. The number of benzene rings is 2. The standard InChI is InChI=1S/C19H17FN6/c1-12-5-3-6-13(11-12)22-19-21-10-9-16(23-19)26(2)18-14-7-4-8-15(20)17(14)24-25-18/h3-11H,1-2H3,(H,24,25)(H,21,22,23). The van der Waals surface area contributed by atoms with E-state index in [2.05, 4.69) is 25.5 Å². The maximum absolute atomic E-state index is 13.9. The number of rotatable bonds is 4. The van der Waals surface area contributed by atoms with Gasteiger partial charge in [0.15, 0.2) is 5.82 Å². The van der Waals surface area contributed by atoms with E-state index in [9.17, 15) is 4.39 Å². The number of para-hydroxylation sites is 1. The average molecular weight is 348 g/mol. The highest BCUT2D eigenvalue weighted by atomic mass is 19.1. The molecule has 0 saturated carbocycles. The van der Waals surface area contributed by atoms with Gasteiger partial charge in [-0.3, -0.25) is 5.10 Å². The summed E-state index contributed by atoms with van der Waals surface area (Å²) < 4.78 is 13.9. The van der Waals surface area contributed by atoms with Crippen LogP contribution in [0.15, 0.2) is 54.7 Å². The molecule has 0 radical (unpaired) electrons. The van der Waals surface area contributed by atoms with Gasteiger partial charge in [0.2, 0.25) is 5.95 Å². The molecule has 0 saturated heterocycles. The Bertz CT molecular complexity index is 1070. The van der Waals surface area contributed by atoms with Crippen LogP contribution in [0.4, 0.5) is 27.7 Å². The summed E-state index contributed by atoms with van der Waals surface area (Å²) in [6.07, 6.45) is 1.67. The molecule has 4 rings (SSSR count). The van der Waals surface area contributed by atoms with Gasteiger partial charge in [-0.1, -0.05) is 18.2 Å². The first-order valence-electron chi connectivity index (χ1n) is 8.15. The van der Waals surface area contributed by atoms with Crippen LogP contribution in [0.1, 0.15) is 5.56 Å². The number of halogens is 1. The number of nitrogens with one attached hydrogen (secondary N) is 2. The predicted molar refractivity (Wildman–Crippen MR) is 101 cm³/mol. The topological polar surface area (TPSA) is 69.7 Å². The summed E-state index contributed by atoms with van der Waals surface area (Å²) in [5.41, 5.74) is 2.44. The van der Waals surface area contributed by atoms with Crippen molar-refractivity contribution in [2.24, 2.45) is 0 Å². The highest BCUT2D eigenvalue weighted by Crippen LogP contribution is 2.29. The molecule has 2 aromatic heterocycles. The van der Waals surface area contributed by atoms with Gasteiger partial charge in [0.1, 0.15) is 17.2 Å². The minimum atomic E-state index is -0.334. The monoisotopic (exact) mass is 348 g/mol. The van der Waals surface area contributed by atoms with Crippen molar-refractivity contribution >= 4 is 34.2 Å². The normalized spacial score (nSPS) is 10.9. The van der Waals surface area contributed by atoms with E-state index in [1.807, 2.05) is 44.3 Å². The molecule has 130 valence electrons. The van der Waals surface area contributed by atoms with E-state index in [-0.39, 0.29) is 5.82 Å². The minimum absolute atomic E-state index is 0.334. The van der Waals surface area contributed by atoms with Crippen LogP contribution in [0.3, 0.4) is 0 Å². The summed E-state index contributed by atoms with van der Waals surface area (Å²) in [5, 5.41) is 10.9. The summed E-state index contributed by atoms with van der Waals surface area (Å²) in [5.74, 6) is 1.39. The van der Waals surface area contributed by atoms with Crippen molar-refractivity contribution in [2.45, 2.75) is 6.92 Å². The van der Waals surface area contributed by atoms with Crippen LogP contribution in [0.2, 0.25) is 0 Å². The second kappa shape index (κ2) is 6.44. The Kier molecular flexibility index (Phi) is 3.96. The van der Waals surface area contributed by atoms with Gasteiger partial charge in [0, 0.05) is 24.3 Å². The summed E-state index contributed by atoms with van der Waals surface area (Å²) in [6.45, 7) is 2.03. The molecular formula is C19H17FN6. The number of anilines is 4. The van der Waals surface area contributed by atoms with Crippen molar-refractivity contribution in [1.29, 1.82) is 0 Å². The van der Waals surface area contributed by atoms with Crippen LogP contribution in [0.25, 0.3) is 10.9 Å². The Morgan fingerprint density at radius 3 is 2.81 bits per heavy atom. The Balaban J connectivity index is 1.66. The fourth-order valence-electron chi connectivity index (χ4n) is 2.81. The molecule has 0 fully saturated rings. The number of aryl methyl sites for hydroxylation is 1. The fraction of sp³-hybridized carbons (Fsp3) is 0.105. The lowest BCUT2D eigenvalue weighted by molar-refractivity contribution is 0.636. The quantitative estimate of drug-likeness (QED) is 0.575. The van der Waals surface area contributed by atoms with Crippen LogP contribution in [-0.2, 0) is 0 Å². The van der Waals surface area contributed by atoms with Crippen LogP contribution in [0, 0.1) is 12.7 Å². The lowest BCUT2D eigenvalue weighted by atomic mass is 10.2. The third-order valence-corrected chi connectivity index (χ3v) is 4.10. The van der Waals surface area contributed by atoms with Gasteiger partial charge in [-0.05, 0) is 42.8 Å². The predicted octanol–water partition coefficient (Wildman–Crippen LogP) is 4.31. The van der Waals surface area contributed by atoms with E-state index in [0.29, 0.717) is 28.5 Å². The molecule has 0 spiro atoms. The molecule has 26 heavy (non-hydrogen) atoms. The Labute approximate surface area is 149 Å². The summed E-state index contributed by atoms with van der Waals surface area (Å²) in [7, 11) is 1.83. The molecule has 7 heteroatoms. The number of hydrogen-bond donors (Lipinski definition) is 2. The number of aromatic nitrogens is 4. The molecule has 0 aliphatic carbocycles. The molecule has 0 amide bonds. The average Bonchev–Trinajstić information content (AvgIpc) is 3.07. The number of fused-ring (bicyclic) bond motifs is 1.